The molecular weight excluding hydrogens is 214 g/mol. The number of likely N-dealkylation sites (tertiary alicyclic amines) is 1. The number of pyridine rings is 1. The molecule has 17 heavy (non-hydrogen) atoms. The summed E-state index contributed by atoms with van der Waals surface area (Å²) in [5, 5.41) is 0. The summed E-state index contributed by atoms with van der Waals surface area (Å²) in [6.45, 7) is 5.44. The molecular formula is C13H19N3O. The fourth-order valence-corrected chi connectivity index (χ4v) is 2.39. The molecule has 92 valence electrons. The molecule has 2 atom stereocenters. The average Bonchev–Trinajstić information content (AvgIpc) is 2.26. The lowest BCUT2D eigenvalue weighted by molar-refractivity contribution is 0.0655. The van der Waals surface area contributed by atoms with Crippen molar-refractivity contribution < 1.29 is 4.79 Å². The fourth-order valence-electron chi connectivity index (χ4n) is 2.39. The van der Waals surface area contributed by atoms with Crippen molar-refractivity contribution in [3.05, 3.63) is 29.6 Å². The van der Waals surface area contributed by atoms with Gasteiger partial charge in [-0.3, -0.25) is 4.79 Å². The Labute approximate surface area is 102 Å². The van der Waals surface area contributed by atoms with Gasteiger partial charge in [-0.25, -0.2) is 4.98 Å². The molecule has 1 fully saturated rings. The Bertz CT molecular complexity index is 409. The Morgan fingerprint density at radius 3 is 2.88 bits per heavy atom. The number of rotatable bonds is 1. The molecule has 4 nitrogen and oxygen atoms in total. The minimum atomic E-state index is -0.00398. The summed E-state index contributed by atoms with van der Waals surface area (Å²) in [7, 11) is 0. The molecule has 2 unspecified atom stereocenters. The fraction of sp³-hybridized carbons (Fsp3) is 0.538. The molecule has 1 amide bonds. The predicted molar refractivity (Wildman–Crippen MR) is 66.6 cm³/mol. The van der Waals surface area contributed by atoms with Crippen LogP contribution in [0.5, 0.6) is 0 Å². The van der Waals surface area contributed by atoms with Crippen LogP contribution in [0.15, 0.2) is 18.2 Å². The minimum absolute atomic E-state index is 0.00398. The van der Waals surface area contributed by atoms with Gasteiger partial charge in [-0.2, -0.15) is 0 Å². The molecule has 2 heterocycles. The number of amides is 1. The van der Waals surface area contributed by atoms with Crippen molar-refractivity contribution in [2.75, 3.05) is 13.1 Å². The lowest BCUT2D eigenvalue weighted by Crippen LogP contribution is -2.49. The van der Waals surface area contributed by atoms with E-state index < -0.39 is 0 Å². The maximum atomic E-state index is 12.3. The van der Waals surface area contributed by atoms with Crippen LogP contribution in [0.3, 0.4) is 0 Å². The number of hydrogen-bond acceptors (Lipinski definition) is 3. The van der Waals surface area contributed by atoms with Gasteiger partial charge >= 0.3 is 0 Å². The second-order valence-corrected chi connectivity index (χ2v) is 4.98. The Kier molecular flexibility index (Phi) is 3.43. The first-order chi connectivity index (χ1) is 8.06. The first kappa shape index (κ1) is 12.0. The minimum Gasteiger partial charge on any atom is -0.335 e. The van der Waals surface area contributed by atoms with Gasteiger partial charge in [0, 0.05) is 24.8 Å². The SMILES string of the molecule is Cc1cccc(C(=O)N2CC(C)CC(N)C2)n1. The van der Waals surface area contributed by atoms with E-state index in [1.165, 1.54) is 0 Å². The lowest BCUT2D eigenvalue weighted by atomic mass is 9.96. The summed E-state index contributed by atoms with van der Waals surface area (Å²) >= 11 is 0. The van der Waals surface area contributed by atoms with E-state index in [0.717, 1.165) is 18.7 Å². The van der Waals surface area contributed by atoms with Crippen LogP contribution in [-0.2, 0) is 0 Å². The maximum absolute atomic E-state index is 12.3. The molecule has 1 aliphatic heterocycles. The first-order valence-electron chi connectivity index (χ1n) is 6.05. The summed E-state index contributed by atoms with van der Waals surface area (Å²) in [6, 6.07) is 5.61. The zero-order valence-electron chi connectivity index (χ0n) is 10.4. The van der Waals surface area contributed by atoms with Gasteiger partial charge in [0.25, 0.3) is 5.91 Å². The van der Waals surface area contributed by atoms with Gasteiger partial charge in [0.2, 0.25) is 0 Å². The van der Waals surface area contributed by atoms with Crippen LogP contribution >= 0.6 is 0 Å². The highest BCUT2D eigenvalue weighted by molar-refractivity contribution is 5.92. The highest BCUT2D eigenvalue weighted by atomic mass is 16.2. The van der Waals surface area contributed by atoms with Gasteiger partial charge in [0.15, 0.2) is 0 Å². The van der Waals surface area contributed by atoms with E-state index in [0.29, 0.717) is 18.2 Å². The Morgan fingerprint density at radius 1 is 1.47 bits per heavy atom. The van der Waals surface area contributed by atoms with Crippen molar-refractivity contribution in [1.29, 1.82) is 0 Å². The van der Waals surface area contributed by atoms with E-state index in [9.17, 15) is 4.79 Å². The van der Waals surface area contributed by atoms with Gasteiger partial charge in [-0.05, 0) is 31.4 Å². The Morgan fingerprint density at radius 2 is 2.24 bits per heavy atom. The van der Waals surface area contributed by atoms with E-state index in [2.05, 4.69) is 11.9 Å². The summed E-state index contributed by atoms with van der Waals surface area (Å²) in [4.78, 5) is 18.3. The zero-order chi connectivity index (χ0) is 12.4. The van der Waals surface area contributed by atoms with Crippen molar-refractivity contribution in [3.63, 3.8) is 0 Å². The lowest BCUT2D eigenvalue weighted by Gasteiger charge is -2.34. The molecule has 4 heteroatoms. The second kappa shape index (κ2) is 4.84. The van der Waals surface area contributed by atoms with Gasteiger partial charge in [0.1, 0.15) is 5.69 Å². The maximum Gasteiger partial charge on any atom is 0.272 e. The van der Waals surface area contributed by atoms with Crippen molar-refractivity contribution in [1.82, 2.24) is 9.88 Å². The normalized spacial score (nSPS) is 24.8. The van der Waals surface area contributed by atoms with Crippen molar-refractivity contribution in [2.45, 2.75) is 26.3 Å². The van der Waals surface area contributed by atoms with Crippen LogP contribution in [0.4, 0.5) is 0 Å². The average molecular weight is 233 g/mol. The third-order valence-corrected chi connectivity index (χ3v) is 3.09. The zero-order valence-corrected chi connectivity index (χ0v) is 10.4. The summed E-state index contributed by atoms with van der Waals surface area (Å²) in [5.74, 6) is 0.461. The summed E-state index contributed by atoms with van der Waals surface area (Å²) in [6.07, 6.45) is 0.991. The molecule has 1 aromatic heterocycles. The van der Waals surface area contributed by atoms with Gasteiger partial charge < -0.3 is 10.6 Å². The van der Waals surface area contributed by atoms with Crippen LogP contribution in [-0.4, -0.2) is 34.9 Å². The molecule has 0 aliphatic carbocycles. The molecule has 0 radical (unpaired) electrons. The molecule has 0 bridgehead atoms. The van der Waals surface area contributed by atoms with Crippen LogP contribution < -0.4 is 5.73 Å². The van der Waals surface area contributed by atoms with Crippen LogP contribution in [0.1, 0.15) is 29.5 Å². The number of hydrogen-bond donors (Lipinski definition) is 1. The van der Waals surface area contributed by atoms with Gasteiger partial charge in [-0.15, -0.1) is 0 Å². The number of piperidine rings is 1. The predicted octanol–water partition coefficient (Wildman–Crippen LogP) is 1.20. The number of carbonyl (C=O) groups excluding carboxylic acids is 1. The van der Waals surface area contributed by atoms with Gasteiger partial charge in [-0.1, -0.05) is 13.0 Å². The quantitative estimate of drug-likeness (QED) is 0.793. The molecule has 0 aromatic carbocycles. The highest BCUT2D eigenvalue weighted by Crippen LogP contribution is 2.16. The van der Waals surface area contributed by atoms with Crippen LogP contribution in [0.2, 0.25) is 0 Å². The molecule has 1 aliphatic rings. The molecule has 2 N–H and O–H groups in total. The number of carbonyl (C=O) groups is 1. The van der Waals surface area contributed by atoms with E-state index >= 15 is 0 Å². The topological polar surface area (TPSA) is 59.2 Å². The van der Waals surface area contributed by atoms with Crippen molar-refractivity contribution in [3.8, 4) is 0 Å². The molecule has 0 saturated carbocycles. The summed E-state index contributed by atoms with van der Waals surface area (Å²) < 4.78 is 0. The second-order valence-electron chi connectivity index (χ2n) is 4.98. The van der Waals surface area contributed by atoms with Crippen LogP contribution in [0, 0.1) is 12.8 Å². The van der Waals surface area contributed by atoms with E-state index in [4.69, 9.17) is 5.73 Å². The Hall–Kier alpha value is -1.42. The first-order valence-corrected chi connectivity index (χ1v) is 6.05. The molecule has 0 spiro atoms. The largest absolute Gasteiger partial charge is 0.335 e. The van der Waals surface area contributed by atoms with E-state index in [-0.39, 0.29) is 11.9 Å². The van der Waals surface area contributed by atoms with Gasteiger partial charge in [0.05, 0.1) is 0 Å². The van der Waals surface area contributed by atoms with Crippen molar-refractivity contribution in [2.24, 2.45) is 11.7 Å². The van der Waals surface area contributed by atoms with Crippen molar-refractivity contribution >= 4 is 5.91 Å². The smallest absolute Gasteiger partial charge is 0.272 e. The van der Waals surface area contributed by atoms with E-state index in [1.54, 1.807) is 6.07 Å². The van der Waals surface area contributed by atoms with E-state index in [1.807, 2.05) is 24.0 Å². The standard InChI is InChI=1S/C13H19N3O/c1-9-6-11(14)8-16(7-9)13(17)12-5-3-4-10(2)15-12/h3-5,9,11H,6-8,14H2,1-2H3. The molecule has 1 saturated heterocycles. The molecule has 1 aromatic rings. The number of aryl methyl sites for hydroxylation is 1. The Balaban J connectivity index is 2.14. The number of nitrogens with two attached hydrogens (primary N) is 1. The summed E-state index contributed by atoms with van der Waals surface area (Å²) in [5.41, 5.74) is 7.33. The van der Waals surface area contributed by atoms with Crippen LogP contribution in [0.25, 0.3) is 0 Å². The number of nitrogens with zero attached hydrogens (tertiary/aromatic N) is 2. The highest BCUT2D eigenvalue weighted by Gasteiger charge is 2.26. The number of aromatic nitrogens is 1. The monoisotopic (exact) mass is 233 g/mol. The third-order valence-electron chi connectivity index (χ3n) is 3.09. The third kappa shape index (κ3) is 2.82. The molecule has 2 rings (SSSR count).